The van der Waals surface area contributed by atoms with Crippen molar-refractivity contribution >= 4 is 40.3 Å². The molecular formula is C36H48N4O6. The predicted molar refractivity (Wildman–Crippen MR) is 180 cm³/mol. The van der Waals surface area contributed by atoms with Crippen LogP contribution in [-0.4, -0.2) is 52.0 Å². The van der Waals surface area contributed by atoms with Crippen LogP contribution in [0.4, 0.5) is 10.5 Å². The topological polar surface area (TPSA) is 151 Å². The summed E-state index contributed by atoms with van der Waals surface area (Å²) < 4.78 is 5.42. The van der Waals surface area contributed by atoms with Crippen molar-refractivity contribution in [3.63, 3.8) is 0 Å². The Balaban J connectivity index is 2.06. The van der Waals surface area contributed by atoms with Crippen LogP contribution < -0.4 is 16.4 Å². The summed E-state index contributed by atoms with van der Waals surface area (Å²) in [7, 11) is 0. The van der Waals surface area contributed by atoms with Gasteiger partial charge in [-0.15, -0.1) is 0 Å². The molecule has 10 nitrogen and oxygen atoms in total. The minimum Gasteiger partial charge on any atom is -0.508 e. The molecule has 46 heavy (non-hydrogen) atoms. The number of phenols is 1. The fourth-order valence-corrected chi connectivity index (χ4v) is 5.25. The van der Waals surface area contributed by atoms with Crippen molar-refractivity contribution in [2.24, 2.45) is 5.73 Å². The lowest BCUT2D eigenvalue weighted by atomic mass is 9.98. The fraction of sp³-hybridized carbons (Fsp3) is 0.444. The van der Waals surface area contributed by atoms with Gasteiger partial charge in [-0.3, -0.25) is 14.4 Å². The highest BCUT2D eigenvalue weighted by atomic mass is 16.6. The van der Waals surface area contributed by atoms with E-state index in [0.29, 0.717) is 23.2 Å². The molecule has 3 aromatic carbocycles. The number of benzene rings is 3. The number of hydrogen-bond acceptors (Lipinski definition) is 6. The van der Waals surface area contributed by atoms with Gasteiger partial charge in [0.15, 0.2) is 0 Å². The SMILES string of the molecule is CCCCCCCN(C(=O)C(CCC(N)=O)NC(=O)OC(C)(C)C)C(C(=O)Nc1ccc2ccccc2c1)c1ccc(O)c(C)c1. The highest BCUT2D eigenvalue weighted by Gasteiger charge is 2.36. The van der Waals surface area contributed by atoms with Crippen molar-refractivity contribution in [3.8, 4) is 5.75 Å². The Hall–Kier alpha value is -4.60. The van der Waals surface area contributed by atoms with Gasteiger partial charge in [-0.1, -0.05) is 69.0 Å². The number of unbranched alkanes of at least 4 members (excludes halogenated alkanes) is 4. The zero-order valence-corrected chi connectivity index (χ0v) is 27.6. The third-order valence-electron chi connectivity index (χ3n) is 7.57. The summed E-state index contributed by atoms with van der Waals surface area (Å²) in [5, 5.41) is 17.9. The lowest BCUT2D eigenvalue weighted by Crippen LogP contribution is -2.52. The smallest absolute Gasteiger partial charge is 0.408 e. The zero-order chi connectivity index (χ0) is 33.9. The minimum absolute atomic E-state index is 0.0563. The van der Waals surface area contributed by atoms with Crippen molar-refractivity contribution in [1.29, 1.82) is 0 Å². The molecule has 10 heteroatoms. The van der Waals surface area contributed by atoms with Crippen LogP contribution in [0.3, 0.4) is 0 Å². The van der Waals surface area contributed by atoms with Crippen molar-refractivity contribution in [2.45, 2.75) is 97.2 Å². The van der Waals surface area contributed by atoms with Gasteiger partial charge in [0.25, 0.3) is 5.91 Å². The summed E-state index contributed by atoms with van der Waals surface area (Å²) in [5.41, 5.74) is 6.18. The van der Waals surface area contributed by atoms with Crippen molar-refractivity contribution < 1.29 is 29.0 Å². The number of aryl methyl sites for hydroxylation is 1. The number of carbonyl (C=O) groups excluding carboxylic acids is 4. The molecule has 0 radical (unpaired) electrons. The molecule has 0 bridgehead atoms. The number of phenolic OH excluding ortho intramolecular Hbond substituents is 1. The molecule has 248 valence electrons. The standard InChI is InChI=1S/C36H48N4O6/c1-6-7-8-9-12-21-40(34(44)29(18-20-31(37)42)39-35(45)46-36(3,4)5)32(27-16-19-30(41)24(2)22-27)33(43)38-28-17-15-25-13-10-11-14-26(25)23-28/h10-11,13-17,19,22-23,29,32,41H,6-9,12,18,20-21H2,1-5H3,(H2,37,42)(H,38,43)(H,39,45). The number of primary amides is 1. The first kappa shape index (κ1) is 35.9. The van der Waals surface area contributed by atoms with E-state index in [1.54, 1.807) is 45.9 Å². The molecule has 0 saturated carbocycles. The number of rotatable bonds is 15. The first-order valence-electron chi connectivity index (χ1n) is 16.0. The van der Waals surface area contributed by atoms with Gasteiger partial charge in [0.05, 0.1) is 0 Å². The van der Waals surface area contributed by atoms with Crippen LogP contribution in [0.1, 0.15) is 89.8 Å². The molecule has 0 saturated heterocycles. The average molecular weight is 633 g/mol. The number of hydrogen-bond donors (Lipinski definition) is 4. The molecule has 3 aromatic rings. The minimum atomic E-state index is -1.19. The van der Waals surface area contributed by atoms with Gasteiger partial charge >= 0.3 is 6.09 Å². The summed E-state index contributed by atoms with van der Waals surface area (Å²) in [6.45, 7) is 9.15. The van der Waals surface area contributed by atoms with Crippen LogP contribution >= 0.6 is 0 Å². The molecular weight excluding hydrogens is 584 g/mol. The predicted octanol–water partition coefficient (Wildman–Crippen LogP) is 6.49. The molecule has 0 aliphatic heterocycles. The first-order valence-corrected chi connectivity index (χ1v) is 16.0. The van der Waals surface area contributed by atoms with Crippen molar-refractivity contribution in [3.05, 3.63) is 71.8 Å². The maximum absolute atomic E-state index is 14.4. The van der Waals surface area contributed by atoms with Gasteiger partial charge in [0, 0.05) is 18.7 Å². The normalized spacial score (nSPS) is 12.6. The summed E-state index contributed by atoms with van der Waals surface area (Å²) in [6, 6.07) is 15.8. The molecule has 0 aliphatic rings. The molecule has 0 aliphatic carbocycles. The summed E-state index contributed by atoms with van der Waals surface area (Å²) in [4.78, 5) is 54.8. The number of nitrogens with one attached hydrogen (secondary N) is 2. The zero-order valence-electron chi connectivity index (χ0n) is 27.6. The van der Waals surface area contributed by atoms with Crippen LogP contribution in [-0.2, 0) is 19.1 Å². The molecule has 3 rings (SSSR count). The summed E-state index contributed by atoms with van der Waals surface area (Å²) in [6.07, 6.45) is 3.42. The third-order valence-corrected chi connectivity index (χ3v) is 7.57. The second-order valence-corrected chi connectivity index (χ2v) is 12.6. The Morgan fingerprint density at radius 2 is 1.63 bits per heavy atom. The monoisotopic (exact) mass is 632 g/mol. The van der Waals surface area contributed by atoms with Gasteiger partial charge in [-0.05, 0) is 86.7 Å². The van der Waals surface area contributed by atoms with E-state index in [4.69, 9.17) is 10.5 Å². The van der Waals surface area contributed by atoms with E-state index in [1.165, 1.54) is 11.0 Å². The summed E-state index contributed by atoms with van der Waals surface area (Å²) in [5.74, 6) is -1.59. The fourth-order valence-electron chi connectivity index (χ4n) is 5.25. The number of amides is 4. The van der Waals surface area contributed by atoms with Gasteiger partial charge in [0.1, 0.15) is 23.4 Å². The van der Waals surface area contributed by atoms with Crippen molar-refractivity contribution in [2.75, 3.05) is 11.9 Å². The van der Waals surface area contributed by atoms with E-state index >= 15 is 0 Å². The molecule has 0 spiro atoms. The summed E-state index contributed by atoms with van der Waals surface area (Å²) >= 11 is 0. The third kappa shape index (κ3) is 10.8. The van der Waals surface area contributed by atoms with Gasteiger partial charge in [-0.2, -0.15) is 0 Å². The van der Waals surface area contributed by atoms with Crippen LogP contribution in [0, 0.1) is 6.92 Å². The van der Waals surface area contributed by atoms with Crippen LogP contribution in [0.15, 0.2) is 60.7 Å². The quantitative estimate of drug-likeness (QED) is 0.141. The van der Waals surface area contributed by atoms with E-state index in [9.17, 15) is 24.3 Å². The van der Waals surface area contributed by atoms with E-state index in [-0.39, 0.29) is 25.1 Å². The number of anilines is 1. The number of aromatic hydroxyl groups is 1. The van der Waals surface area contributed by atoms with Gasteiger partial charge in [0.2, 0.25) is 11.8 Å². The van der Waals surface area contributed by atoms with Crippen LogP contribution in [0.25, 0.3) is 10.8 Å². The second kappa shape index (κ2) is 16.6. The Kier molecular flexibility index (Phi) is 13.0. The molecule has 0 aromatic heterocycles. The second-order valence-electron chi connectivity index (χ2n) is 12.6. The van der Waals surface area contributed by atoms with E-state index in [2.05, 4.69) is 17.6 Å². The number of fused-ring (bicyclic) bond motifs is 1. The lowest BCUT2D eigenvalue weighted by Gasteiger charge is -2.35. The van der Waals surface area contributed by atoms with Crippen molar-refractivity contribution in [1.82, 2.24) is 10.2 Å². The number of ether oxygens (including phenoxy) is 1. The van der Waals surface area contributed by atoms with Crippen LogP contribution in [0.2, 0.25) is 0 Å². The number of nitrogens with zero attached hydrogens (tertiary/aromatic N) is 1. The Bertz CT molecular complexity index is 1520. The Morgan fingerprint density at radius 3 is 2.28 bits per heavy atom. The molecule has 4 amide bonds. The van der Waals surface area contributed by atoms with E-state index < -0.39 is 41.5 Å². The highest BCUT2D eigenvalue weighted by molar-refractivity contribution is 6.00. The maximum atomic E-state index is 14.4. The molecule has 2 unspecified atom stereocenters. The Labute approximate surface area is 271 Å². The maximum Gasteiger partial charge on any atom is 0.408 e. The highest BCUT2D eigenvalue weighted by Crippen LogP contribution is 2.30. The van der Waals surface area contributed by atoms with Crippen LogP contribution in [0.5, 0.6) is 5.75 Å². The largest absolute Gasteiger partial charge is 0.508 e. The van der Waals surface area contributed by atoms with E-state index in [0.717, 1.165) is 36.5 Å². The molecule has 2 atom stereocenters. The van der Waals surface area contributed by atoms with Gasteiger partial charge in [-0.25, -0.2) is 4.79 Å². The average Bonchev–Trinajstić information content (AvgIpc) is 2.98. The number of nitrogens with two attached hydrogens (primary N) is 1. The molecule has 0 heterocycles. The Morgan fingerprint density at radius 1 is 0.935 bits per heavy atom. The number of alkyl carbamates (subject to hydrolysis) is 1. The first-order chi connectivity index (χ1) is 21.8. The molecule has 0 fully saturated rings. The van der Waals surface area contributed by atoms with E-state index in [1.807, 2.05) is 36.4 Å². The lowest BCUT2D eigenvalue weighted by molar-refractivity contribution is -0.141. The molecule has 5 N–H and O–H groups in total. The van der Waals surface area contributed by atoms with Gasteiger partial charge < -0.3 is 31.1 Å². The number of carbonyl (C=O) groups is 4.